The molecule has 0 aliphatic heterocycles. The molecule has 1 aromatic carbocycles. The van der Waals surface area contributed by atoms with Crippen LogP contribution < -0.4 is 0 Å². The van der Waals surface area contributed by atoms with E-state index in [0.717, 1.165) is 21.8 Å². The van der Waals surface area contributed by atoms with E-state index in [4.69, 9.17) is 0 Å². The fourth-order valence-electron chi connectivity index (χ4n) is 1.62. The van der Waals surface area contributed by atoms with Gasteiger partial charge in [-0.3, -0.25) is 4.79 Å². The van der Waals surface area contributed by atoms with Crippen molar-refractivity contribution in [1.82, 2.24) is 4.98 Å². The van der Waals surface area contributed by atoms with Gasteiger partial charge >= 0.3 is 0 Å². The molecule has 2 nitrogen and oxygen atoms in total. The van der Waals surface area contributed by atoms with Crippen LogP contribution in [0, 0.1) is 0 Å². The summed E-state index contributed by atoms with van der Waals surface area (Å²) < 4.78 is 1.03. The Labute approximate surface area is 96.8 Å². The van der Waals surface area contributed by atoms with E-state index >= 15 is 0 Å². The molecule has 1 N–H and O–H groups in total. The molecule has 0 aliphatic carbocycles. The third-order valence-electron chi connectivity index (χ3n) is 2.36. The van der Waals surface area contributed by atoms with Gasteiger partial charge in [0.15, 0.2) is 5.78 Å². The van der Waals surface area contributed by atoms with Crippen LogP contribution in [-0.2, 0) is 0 Å². The molecule has 0 amide bonds. The summed E-state index contributed by atoms with van der Waals surface area (Å²) in [6, 6.07) is 7.86. The molecular formula is C12H12BrNO. The molecule has 0 radical (unpaired) electrons. The second-order valence-corrected chi connectivity index (χ2v) is 4.50. The van der Waals surface area contributed by atoms with Gasteiger partial charge in [-0.15, -0.1) is 0 Å². The lowest BCUT2D eigenvalue weighted by atomic mass is 10.2. The molecule has 2 aromatic rings. The Morgan fingerprint density at radius 3 is 2.93 bits per heavy atom. The summed E-state index contributed by atoms with van der Waals surface area (Å²) in [5, 5.41) is 1.07. The molecule has 1 heterocycles. The van der Waals surface area contributed by atoms with Crippen molar-refractivity contribution in [2.24, 2.45) is 0 Å². The highest BCUT2D eigenvalue weighted by molar-refractivity contribution is 9.10. The van der Waals surface area contributed by atoms with Crippen LogP contribution in [0.1, 0.15) is 30.3 Å². The van der Waals surface area contributed by atoms with Crippen molar-refractivity contribution in [2.45, 2.75) is 19.8 Å². The quantitative estimate of drug-likeness (QED) is 0.839. The van der Waals surface area contributed by atoms with E-state index in [-0.39, 0.29) is 5.78 Å². The third-order valence-corrected chi connectivity index (χ3v) is 2.85. The van der Waals surface area contributed by atoms with Crippen molar-refractivity contribution in [3.8, 4) is 0 Å². The summed E-state index contributed by atoms with van der Waals surface area (Å²) in [6.45, 7) is 2.01. The number of fused-ring (bicyclic) bond motifs is 1. The summed E-state index contributed by atoms with van der Waals surface area (Å²) in [6.07, 6.45) is 1.49. The molecule has 0 bridgehead atoms. The zero-order valence-corrected chi connectivity index (χ0v) is 10.1. The van der Waals surface area contributed by atoms with Gasteiger partial charge in [0.1, 0.15) is 0 Å². The molecule has 0 saturated heterocycles. The Kier molecular flexibility index (Phi) is 2.91. The number of carbonyl (C=O) groups excluding carboxylic acids is 1. The van der Waals surface area contributed by atoms with E-state index < -0.39 is 0 Å². The normalized spacial score (nSPS) is 10.8. The van der Waals surface area contributed by atoms with Crippen molar-refractivity contribution < 1.29 is 4.79 Å². The Hall–Kier alpha value is -1.09. The monoisotopic (exact) mass is 265 g/mol. The molecule has 78 valence electrons. The number of hydrogen-bond acceptors (Lipinski definition) is 1. The Morgan fingerprint density at radius 2 is 2.20 bits per heavy atom. The highest BCUT2D eigenvalue weighted by Crippen LogP contribution is 2.21. The molecule has 0 aliphatic rings. The van der Waals surface area contributed by atoms with Crippen LogP contribution in [0.5, 0.6) is 0 Å². The van der Waals surface area contributed by atoms with Gasteiger partial charge in [-0.05, 0) is 30.7 Å². The summed E-state index contributed by atoms with van der Waals surface area (Å²) in [7, 11) is 0. The van der Waals surface area contributed by atoms with Crippen LogP contribution in [0.2, 0.25) is 0 Å². The van der Waals surface area contributed by atoms with Crippen molar-refractivity contribution in [1.29, 1.82) is 0 Å². The first-order valence-electron chi connectivity index (χ1n) is 5.02. The SMILES string of the molecule is CCCC(=O)c1cc2cc(Br)ccc2[nH]1. The predicted octanol–water partition coefficient (Wildman–Crippen LogP) is 3.91. The Morgan fingerprint density at radius 1 is 1.40 bits per heavy atom. The highest BCUT2D eigenvalue weighted by atomic mass is 79.9. The minimum atomic E-state index is 0.185. The number of aromatic amines is 1. The number of rotatable bonds is 3. The van der Waals surface area contributed by atoms with Crippen molar-refractivity contribution >= 4 is 32.6 Å². The Bertz CT molecular complexity index is 501. The maximum Gasteiger partial charge on any atom is 0.179 e. The zero-order valence-electron chi connectivity index (χ0n) is 8.51. The fourth-order valence-corrected chi connectivity index (χ4v) is 1.99. The first-order valence-corrected chi connectivity index (χ1v) is 5.81. The van der Waals surface area contributed by atoms with Crippen molar-refractivity contribution in [2.75, 3.05) is 0 Å². The molecule has 3 heteroatoms. The van der Waals surface area contributed by atoms with Crippen LogP contribution in [0.3, 0.4) is 0 Å². The van der Waals surface area contributed by atoms with Gasteiger partial charge in [-0.1, -0.05) is 22.9 Å². The van der Waals surface area contributed by atoms with Crippen LogP contribution in [-0.4, -0.2) is 10.8 Å². The molecule has 0 atom stereocenters. The van der Waals surface area contributed by atoms with Crippen LogP contribution >= 0.6 is 15.9 Å². The van der Waals surface area contributed by atoms with Crippen molar-refractivity contribution in [3.63, 3.8) is 0 Å². The number of benzene rings is 1. The number of Topliss-reactive ketones (excluding diaryl/α,β-unsaturated/α-hetero) is 1. The van der Waals surface area contributed by atoms with E-state index in [9.17, 15) is 4.79 Å². The van der Waals surface area contributed by atoms with Crippen molar-refractivity contribution in [3.05, 3.63) is 34.4 Å². The third kappa shape index (κ3) is 2.12. The van der Waals surface area contributed by atoms with Gasteiger partial charge in [0.25, 0.3) is 0 Å². The van der Waals surface area contributed by atoms with Crippen LogP contribution in [0.25, 0.3) is 10.9 Å². The van der Waals surface area contributed by atoms with E-state index in [1.54, 1.807) is 0 Å². The summed E-state index contributed by atoms with van der Waals surface area (Å²) in [5.74, 6) is 0.185. The Balaban J connectivity index is 2.42. The van der Waals surface area contributed by atoms with Gasteiger partial charge in [-0.2, -0.15) is 0 Å². The molecule has 15 heavy (non-hydrogen) atoms. The van der Waals surface area contributed by atoms with E-state index in [1.165, 1.54) is 0 Å². The summed E-state index contributed by atoms with van der Waals surface area (Å²) >= 11 is 3.41. The van der Waals surface area contributed by atoms with E-state index in [0.29, 0.717) is 12.1 Å². The number of hydrogen-bond donors (Lipinski definition) is 1. The standard InChI is InChI=1S/C12H12BrNO/c1-2-3-12(15)11-7-8-6-9(13)4-5-10(8)14-11/h4-7,14H,2-3H2,1H3. The van der Waals surface area contributed by atoms with Gasteiger partial charge in [0.05, 0.1) is 5.69 Å². The van der Waals surface area contributed by atoms with Crippen LogP contribution in [0.15, 0.2) is 28.7 Å². The molecule has 0 spiro atoms. The first kappa shape index (κ1) is 10.4. The van der Waals surface area contributed by atoms with Gasteiger partial charge in [-0.25, -0.2) is 0 Å². The molecule has 0 fully saturated rings. The van der Waals surface area contributed by atoms with Crippen LogP contribution in [0.4, 0.5) is 0 Å². The zero-order chi connectivity index (χ0) is 10.8. The molecule has 1 aromatic heterocycles. The molecule has 0 unspecified atom stereocenters. The van der Waals surface area contributed by atoms with E-state index in [1.807, 2.05) is 31.2 Å². The topological polar surface area (TPSA) is 32.9 Å². The minimum Gasteiger partial charge on any atom is -0.352 e. The van der Waals surface area contributed by atoms with Gasteiger partial charge in [0.2, 0.25) is 0 Å². The number of nitrogens with one attached hydrogen (secondary N) is 1. The number of halogens is 1. The molecular weight excluding hydrogens is 254 g/mol. The predicted molar refractivity (Wildman–Crippen MR) is 65.2 cm³/mol. The second-order valence-electron chi connectivity index (χ2n) is 3.59. The maximum atomic E-state index is 11.7. The average Bonchev–Trinajstić information content (AvgIpc) is 2.60. The first-order chi connectivity index (χ1) is 7.20. The number of ketones is 1. The van der Waals surface area contributed by atoms with Gasteiger partial charge < -0.3 is 4.98 Å². The van der Waals surface area contributed by atoms with E-state index in [2.05, 4.69) is 20.9 Å². The number of carbonyl (C=O) groups is 1. The maximum absolute atomic E-state index is 11.7. The smallest absolute Gasteiger partial charge is 0.179 e. The average molecular weight is 266 g/mol. The second kappa shape index (κ2) is 4.19. The number of H-pyrrole nitrogens is 1. The fraction of sp³-hybridized carbons (Fsp3) is 0.250. The van der Waals surface area contributed by atoms with Gasteiger partial charge in [0, 0.05) is 21.8 Å². The summed E-state index contributed by atoms with van der Waals surface area (Å²) in [4.78, 5) is 14.8. The molecule has 0 saturated carbocycles. The lowest BCUT2D eigenvalue weighted by Crippen LogP contribution is -1.97. The number of aromatic nitrogens is 1. The minimum absolute atomic E-state index is 0.185. The summed E-state index contributed by atoms with van der Waals surface area (Å²) in [5.41, 5.74) is 1.72. The lowest BCUT2D eigenvalue weighted by Gasteiger charge is -1.92. The molecule has 2 rings (SSSR count). The lowest BCUT2D eigenvalue weighted by molar-refractivity contribution is 0.0978. The largest absolute Gasteiger partial charge is 0.352 e. The highest BCUT2D eigenvalue weighted by Gasteiger charge is 2.08.